The molecule has 0 unspecified atom stereocenters. The molecule has 0 spiro atoms. The maximum absolute atomic E-state index is 13.1. The van der Waals surface area contributed by atoms with E-state index in [4.69, 9.17) is 4.74 Å². The van der Waals surface area contributed by atoms with Crippen LogP contribution in [-0.2, 0) is 14.8 Å². The minimum absolute atomic E-state index is 0.156. The van der Waals surface area contributed by atoms with Crippen LogP contribution in [0.2, 0.25) is 0 Å². The molecule has 1 aliphatic heterocycles. The van der Waals surface area contributed by atoms with Gasteiger partial charge in [0.25, 0.3) is 10.0 Å². The van der Waals surface area contributed by atoms with E-state index in [9.17, 15) is 13.2 Å². The van der Waals surface area contributed by atoms with E-state index in [0.29, 0.717) is 26.2 Å². The predicted molar refractivity (Wildman–Crippen MR) is 115 cm³/mol. The lowest BCUT2D eigenvalue weighted by molar-refractivity contribution is -0.134. The van der Waals surface area contributed by atoms with E-state index in [2.05, 4.69) is 9.62 Å². The van der Waals surface area contributed by atoms with Gasteiger partial charge in [0.2, 0.25) is 5.91 Å². The third-order valence-corrected chi connectivity index (χ3v) is 7.84. The highest BCUT2D eigenvalue weighted by molar-refractivity contribution is 7.91. The van der Waals surface area contributed by atoms with Crippen molar-refractivity contribution in [3.8, 4) is 5.75 Å². The Kier molecular flexibility index (Phi) is 6.81. The van der Waals surface area contributed by atoms with Crippen molar-refractivity contribution in [3.63, 3.8) is 0 Å². The van der Waals surface area contributed by atoms with Gasteiger partial charge in [0, 0.05) is 31.9 Å². The summed E-state index contributed by atoms with van der Waals surface area (Å²) in [4.78, 5) is 17.0. The first-order valence-corrected chi connectivity index (χ1v) is 11.9. The molecule has 1 fully saturated rings. The number of anilines is 1. The minimum Gasteiger partial charge on any atom is -0.497 e. The first-order valence-electron chi connectivity index (χ1n) is 9.55. The summed E-state index contributed by atoms with van der Waals surface area (Å²) >= 11 is 1.14. The summed E-state index contributed by atoms with van der Waals surface area (Å²) in [6.45, 7) is 6.20. The molecule has 3 rings (SSSR count). The van der Waals surface area contributed by atoms with Gasteiger partial charge in [-0.2, -0.15) is 4.72 Å². The number of benzene rings is 1. The first-order chi connectivity index (χ1) is 13.8. The largest absolute Gasteiger partial charge is 0.497 e. The Bertz CT molecular complexity index is 904. The SMILES string of the molecule is COc1ccc(N2CCN(C(=O)[C@H](NS(=O)(=O)c3cccs3)C(C)C)CC2)cc1. The maximum atomic E-state index is 13.1. The Morgan fingerprint density at radius 3 is 2.28 bits per heavy atom. The van der Waals surface area contributed by atoms with Crippen LogP contribution in [0.1, 0.15) is 13.8 Å². The van der Waals surface area contributed by atoms with Gasteiger partial charge in [0.05, 0.1) is 7.11 Å². The number of piperazine rings is 1. The second-order valence-electron chi connectivity index (χ2n) is 7.29. The van der Waals surface area contributed by atoms with Crippen LogP contribution in [0.5, 0.6) is 5.75 Å². The molecule has 158 valence electrons. The number of methoxy groups -OCH3 is 1. The number of sulfonamides is 1. The molecule has 29 heavy (non-hydrogen) atoms. The number of nitrogens with one attached hydrogen (secondary N) is 1. The van der Waals surface area contributed by atoms with E-state index in [0.717, 1.165) is 22.8 Å². The Morgan fingerprint density at radius 1 is 1.10 bits per heavy atom. The number of amides is 1. The van der Waals surface area contributed by atoms with Gasteiger partial charge in [-0.05, 0) is 41.6 Å². The van der Waals surface area contributed by atoms with E-state index >= 15 is 0 Å². The number of ether oxygens (including phenoxy) is 1. The van der Waals surface area contributed by atoms with Crippen molar-refractivity contribution in [3.05, 3.63) is 41.8 Å². The highest BCUT2D eigenvalue weighted by atomic mass is 32.2. The van der Waals surface area contributed by atoms with E-state index < -0.39 is 16.1 Å². The Morgan fingerprint density at radius 2 is 1.76 bits per heavy atom. The van der Waals surface area contributed by atoms with Crippen molar-refractivity contribution in [1.82, 2.24) is 9.62 Å². The molecule has 0 saturated carbocycles. The molecule has 0 radical (unpaired) electrons. The lowest BCUT2D eigenvalue weighted by Crippen LogP contribution is -2.56. The fraction of sp³-hybridized carbons (Fsp3) is 0.450. The minimum atomic E-state index is -3.71. The van der Waals surface area contributed by atoms with Crippen LogP contribution in [-0.4, -0.2) is 58.6 Å². The van der Waals surface area contributed by atoms with Crippen LogP contribution in [0.15, 0.2) is 46.0 Å². The van der Waals surface area contributed by atoms with E-state index in [1.807, 2.05) is 38.1 Å². The van der Waals surface area contributed by atoms with Gasteiger partial charge in [-0.3, -0.25) is 4.79 Å². The number of hydrogen-bond acceptors (Lipinski definition) is 6. The van der Waals surface area contributed by atoms with Crippen molar-refractivity contribution < 1.29 is 17.9 Å². The summed E-state index contributed by atoms with van der Waals surface area (Å²) in [5.74, 6) is 0.478. The normalized spacial score (nSPS) is 16.1. The number of thiophene rings is 1. The van der Waals surface area contributed by atoms with Crippen molar-refractivity contribution in [1.29, 1.82) is 0 Å². The van der Waals surface area contributed by atoms with Crippen LogP contribution in [0.3, 0.4) is 0 Å². The van der Waals surface area contributed by atoms with Crippen molar-refractivity contribution in [2.75, 3.05) is 38.2 Å². The van der Waals surface area contributed by atoms with Gasteiger partial charge in [0.1, 0.15) is 16.0 Å². The molecule has 1 saturated heterocycles. The molecule has 9 heteroatoms. The molecular formula is C20H27N3O4S2. The summed E-state index contributed by atoms with van der Waals surface area (Å²) in [5, 5.41) is 1.71. The van der Waals surface area contributed by atoms with Crippen LogP contribution < -0.4 is 14.4 Å². The number of nitrogens with zero attached hydrogens (tertiary/aromatic N) is 2. The first kappa shape index (κ1) is 21.6. The topological polar surface area (TPSA) is 79.0 Å². The van der Waals surface area contributed by atoms with Gasteiger partial charge in [-0.15, -0.1) is 11.3 Å². The molecule has 2 aromatic rings. The Hall–Kier alpha value is -2.10. The van der Waals surface area contributed by atoms with E-state index in [1.54, 1.807) is 29.5 Å². The summed E-state index contributed by atoms with van der Waals surface area (Å²) in [5.41, 5.74) is 1.08. The zero-order valence-electron chi connectivity index (χ0n) is 16.9. The summed E-state index contributed by atoms with van der Waals surface area (Å²) in [6, 6.07) is 10.3. The molecule has 1 N–H and O–H groups in total. The van der Waals surface area contributed by atoms with E-state index in [1.165, 1.54) is 0 Å². The van der Waals surface area contributed by atoms with Gasteiger partial charge < -0.3 is 14.5 Å². The third kappa shape index (κ3) is 5.09. The highest BCUT2D eigenvalue weighted by Crippen LogP contribution is 2.22. The molecule has 7 nitrogen and oxygen atoms in total. The maximum Gasteiger partial charge on any atom is 0.250 e. The lowest BCUT2D eigenvalue weighted by Gasteiger charge is -2.38. The standard InChI is InChI=1S/C20H27N3O4S2/c1-15(2)19(21-29(25,26)18-5-4-14-28-18)20(24)23-12-10-22(11-13-23)16-6-8-17(27-3)9-7-16/h4-9,14-15,19,21H,10-13H2,1-3H3/t19-/m1/s1. The predicted octanol–water partition coefficient (Wildman–Crippen LogP) is 2.41. The van der Waals surface area contributed by atoms with Crippen LogP contribution in [0, 0.1) is 5.92 Å². The van der Waals surface area contributed by atoms with Gasteiger partial charge >= 0.3 is 0 Å². The lowest BCUT2D eigenvalue weighted by atomic mass is 10.0. The van der Waals surface area contributed by atoms with Crippen molar-refractivity contribution in [2.24, 2.45) is 5.92 Å². The highest BCUT2D eigenvalue weighted by Gasteiger charge is 2.33. The van der Waals surface area contributed by atoms with Gasteiger partial charge in [-0.1, -0.05) is 19.9 Å². The Labute approximate surface area is 176 Å². The van der Waals surface area contributed by atoms with Gasteiger partial charge in [0.15, 0.2) is 0 Å². The average Bonchev–Trinajstić information content (AvgIpc) is 3.28. The second-order valence-corrected chi connectivity index (χ2v) is 10.2. The molecular weight excluding hydrogens is 410 g/mol. The summed E-state index contributed by atoms with van der Waals surface area (Å²) in [7, 11) is -2.07. The summed E-state index contributed by atoms with van der Waals surface area (Å²) in [6.07, 6.45) is 0. The average molecular weight is 438 g/mol. The smallest absolute Gasteiger partial charge is 0.250 e. The fourth-order valence-corrected chi connectivity index (χ4v) is 5.64. The quantitative estimate of drug-likeness (QED) is 0.720. The number of hydrogen-bond donors (Lipinski definition) is 1. The molecule has 1 amide bonds. The molecule has 1 aromatic heterocycles. The van der Waals surface area contributed by atoms with Crippen molar-refractivity contribution in [2.45, 2.75) is 24.1 Å². The number of rotatable bonds is 7. The number of carbonyl (C=O) groups excluding carboxylic acids is 1. The molecule has 1 aromatic carbocycles. The third-order valence-electron chi connectivity index (χ3n) is 5.00. The van der Waals surface area contributed by atoms with Crippen molar-refractivity contribution >= 4 is 33.0 Å². The molecule has 0 aliphatic carbocycles. The zero-order chi connectivity index (χ0) is 21.0. The fourth-order valence-electron chi connectivity index (χ4n) is 3.29. The Balaban J connectivity index is 1.64. The number of carbonyl (C=O) groups is 1. The molecule has 0 bridgehead atoms. The van der Waals surface area contributed by atoms with Crippen LogP contribution in [0.25, 0.3) is 0 Å². The molecule has 1 aliphatic rings. The molecule has 1 atom stereocenters. The van der Waals surface area contributed by atoms with Crippen LogP contribution >= 0.6 is 11.3 Å². The monoisotopic (exact) mass is 437 g/mol. The second kappa shape index (κ2) is 9.15. The van der Waals surface area contributed by atoms with Crippen LogP contribution in [0.4, 0.5) is 5.69 Å². The zero-order valence-corrected chi connectivity index (χ0v) is 18.5. The molecule has 2 heterocycles. The van der Waals surface area contributed by atoms with Gasteiger partial charge in [-0.25, -0.2) is 8.42 Å². The van der Waals surface area contributed by atoms with E-state index in [-0.39, 0.29) is 16.0 Å². The summed E-state index contributed by atoms with van der Waals surface area (Å²) < 4.78 is 33.2.